The van der Waals surface area contributed by atoms with E-state index in [2.05, 4.69) is 10.3 Å². The van der Waals surface area contributed by atoms with E-state index in [1.165, 1.54) is 24.5 Å². The van der Waals surface area contributed by atoms with Crippen molar-refractivity contribution in [3.05, 3.63) is 58.1 Å². The van der Waals surface area contributed by atoms with E-state index >= 15 is 0 Å². The van der Waals surface area contributed by atoms with Crippen LogP contribution in [0.15, 0.2) is 42.1 Å². The Labute approximate surface area is 166 Å². The van der Waals surface area contributed by atoms with Crippen LogP contribution in [0.1, 0.15) is 34.1 Å². The molecule has 0 spiro atoms. The number of H-pyrrole nitrogens is 1. The number of aromatic nitrogens is 1. The molecule has 1 amide bonds. The molecule has 0 bridgehead atoms. The zero-order chi connectivity index (χ0) is 20.1. The molecule has 142 valence electrons. The number of methoxy groups -OCH3 is 1. The van der Waals surface area contributed by atoms with Gasteiger partial charge in [-0.2, -0.15) is 5.26 Å². The minimum atomic E-state index is -0.567. The molecule has 7 heteroatoms. The number of nitriles is 1. The minimum absolute atomic E-state index is 0.0500. The van der Waals surface area contributed by atoms with Crippen LogP contribution in [0.4, 0.5) is 5.00 Å². The summed E-state index contributed by atoms with van der Waals surface area (Å²) in [5, 5.41) is 13.5. The van der Waals surface area contributed by atoms with Crippen LogP contribution in [0.25, 0.3) is 17.0 Å². The summed E-state index contributed by atoms with van der Waals surface area (Å²) in [6, 6.07) is 11.3. The van der Waals surface area contributed by atoms with Crippen LogP contribution in [-0.4, -0.2) is 24.0 Å². The molecule has 0 aliphatic rings. The lowest BCUT2D eigenvalue weighted by Gasteiger charge is -2.04. The number of thiophene rings is 1. The minimum Gasteiger partial charge on any atom is -0.465 e. The number of esters is 1. The molecular weight excluding hydrogens is 374 g/mol. The molecule has 2 heterocycles. The third-order valence-electron chi connectivity index (χ3n) is 4.20. The Morgan fingerprint density at radius 1 is 1.36 bits per heavy atom. The molecule has 0 aliphatic heterocycles. The second kappa shape index (κ2) is 8.55. The molecule has 1 aromatic carbocycles. The molecule has 0 saturated heterocycles. The number of fused-ring (bicyclic) bond motifs is 1. The van der Waals surface area contributed by atoms with Crippen LogP contribution in [0.3, 0.4) is 0 Å². The average Bonchev–Trinajstić information content (AvgIpc) is 3.29. The van der Waals surface area contributed by atoms with E-state index in [0.29, 0.717) is 10.6 Å². The number of nitrogens with one attached hydrogen (secondary N) is 2. The maximum absolute atomic E-state index is 12.7. The molecule has 28 heavy (non-hydrogen) atoms. The van der Waals surface area contributed by atoms with Crippen LogP contribution < -0.4 is 5.32 Å². The van der Waals surface area contributed by atoms with E-state index in [0.717, 1.165) is 34.2 Å². The molecule has 2 aromatic heterocycles. The Balaban J connectivity index is 1.91. The number of hydrogen-bond donors (Lipinski definition) is 2. The van der Waals surface area contributed by atoms with Gasteiger partial charge in [-0.1, -0.05) is 31.5 Å². The van der Waals surface area contributed by atoms with Crippen molar-refractivity contribution < 1.29 is 14.3 Å². The number of ether oxygens (including phenoxy) is 1. The predicted molar refractivity (Wildman–Crippen MR) is 110 cm³/mol. The van der Waals surface area contributed by atoms with Gasteiger partial charge in [0.15, 0.2) is 0 Å². The maximum Gasteiger partial charge on any atom is 0.340 e. The molecular formula is C21H19N3O3S. The molecule has 3 rings (SSSR count). The van der Waals surface area contributed by atoms with Gasteiger partial charge < -0.3 is 15.0 Å². The Bertz CT molecular complexity index is 1100. The highest BCUT2D eigenvalue weighted by atomic mass is 32.1. The monoisotopic (exact) mass is 393 g/mol. The third kappa shape index (κ3) is 3.97. The Morgan fingerprint density at radius 3 is 2.86 bits per heavy atom. The van der Waals surface area contributed by atoms with Crippen molar-refractivity contribution in [3.8, 4) is 6.07 Å². The smallest absolute Gasteiger partial charge is 0.340 e. The number of carbonyl (C=O) groups is 2. The van der Waals surface area contributed by atoms with Crippen LogP contribution in [0.2, 0.25) is 0 Å². The number of aromatic amines is 1. The first-order valence-corrected chi connectivity index (χ1v) is 9.59. The number of nitrogens with zero attached hydrogens (tertiary/aromatic N) is 1. The highest BCUT2D eigenvalue weighted by Gasteiger charge is 2.20. The van der Waals surface area contributed by atoms with Crippen molar-refractivity contribution in [1.82, 2.24) is 4.98 Å². The quantitative estimate of drug-likeness (QED) is 0.366. The summed E-state index contributed by atoms with van der Waals surface area (Å²) >= 11 is 1.32. The van der Waals surface area contributed by atoms with Crippen molar-refractivity contribution in [3.63, 3.8) is 0 Å². The lowest BCUT2D eigenvalue weighted by atomic mass is 10.1. The molecule has 3 aromatic rings. The molecule has 6 nitrogen and oxygen atoms in total. The second-order valence-electron chi connectivity index (χ2n) is 6.11. The number of para-hydroxylation sites is 1. The van der Waals surface area contributed by atoms with Gasteiger partial charge in [0.2, 0.25) is 0 Å². The summed E-state index contributed by atoms with van der Waals surface area (Å²) in [5.74, 6) is -1.09. The molecule has 0 atom stereocenters. The lowest BCUT2D eigenvalue weighted by molar-refractivity contribution is -0.112. The number of rotatable bonds is 6. The van der Waals surface area contributed by atoms with E-state index in [1.54, 1.807) is 12.3 Å². The number of amides is 1. The molecule has 0 aliphatic carbocycles. The van der Waals surface area contributed by atoms with Crippen molar-refractivity contribution in [2.24, 2.45) is 0 Å². The standard InChI is InChI=1S/C21H19N3O3S/c1-3-6-15-10-17(21(26)27-2)20(28-15)24-19(25)13(11-22)9-14-12-23-18-8-5-4-7-16(14)18/h4-5,7-10,12,23H,3,6H2,1-2H3,(H,24,25). The fourth-order valence-electron chi connectivity index (χ4n) is 2.85. The third-order valence-corrected chi connectivity index (χ3v) is 5.31. The van der Waals surface area contributed by atoms with Gasteiger partial charge in [0, 0.05) is 27.5 Å². The molecule has 0 fully saturated rings. The summed E-state index contributed by atoms with van der Waals surface area (Å²) < 4.78 is 4.80. The van der Waals surface area contributed by atoms with Crippen molar-refractivity contribution in [1.29, 1.82) is 5.26 Å². The van der Waals surface area contributed by atoms with E-state index in [-0.39, 0.29) is 5.57 Å². The zero-order valence-electron chi connectivity index (χ0n) is 15.5. The van der Waals surface area contributed by atoms with Gasteiger partial charge in [-0.05, 0) is 24.6 Å². The Kier molecular flexibility index (Phi) is 5.92. The molecule has 0 unspecified atom stereocenters. The van der Waals surface area contributed by atoms with Crippen LogP contribution in [0.5, 0.6) is 0 Å². The zero-order valence-corrected chi connectivity index (χ0v) is 16.4. The van der Waals surface area contributed by atoms with E-state index in [4.69, 9.17) is 4.74 Å². The lowest BCUT2D eigenvalue weighted by Crippen LogP contribution is -2.15. The van der Waals surface area contributed by atoms with Gasteiger partial charge in [-0.25, -0.2) is 4.79 Å². The molecule has 0 saturated carbocycles. The van der Waals surface area contributed by atoms with Crippen molar-refractivity contribution in [2.75, 3.05) is 12.4 Å². The van der Waals surface area contributed by atoms with Crippen LogP contribution in [-0.2, 0) is 16.0 Å². The highest BCUT2D eigenvalue weighted by Crippen LogP contribution is 2.30. The van der Waals surface area contributed by atoms with Gasteiger partial charge in [0.25, 0.3) is 5.91 Å². The Morgan fingerprint density at radius 2 is 2.14 bits per heavy atom. The number of hydrogen-bond acceptors (Lipinski definition) is 5. The summed E-state index contributed by atoms with van der Waals surface area (Å²) in [7, 11) is 1.29. The van der Waals surface area contributed by atoms with E-state index < -0.39 is 11.9 Å². The summed E-state index contributed by atoms with van der Waals surface area (Å²) in [6.45, 7) is 2.04. The summed E-state index contributed by atoms with van der Waals surface area (Å²) in [4.78, 5) is 28.8. The van der Waals surface area contributed by atoms with Gasteiger partial charge in [-0.3, -0.25) is 4.79 Å². The number of anilines is 1. The average molecular weight is 393 g/mol. The normalized spacial score (nSPS) is 11.2. The van der Waals surface area contributed by atoms with Gasteiger partial charge in [-0.15, -0.1) is 11.3 Å². The van der Waals surface area contributed by atoms with Crippen molar-refractivity contribution >= 4 is 45.2 Å². The summed E-state index contributed by atoms with van der Waals surface area (Å²) in [5.41, 5.74) is 1.91. The van der Waals surface area contributed by atoms with Gasteiger partial charge in [0.05, 0.1) is 12.7 Å². The fraction of sp³-hybridized carbons (Fsp3) is 0.190. The predicted octanol–water partition coefficient (Wildman–Crippen LogP) is 4.51. The topological polar surface area (TPSA) is 95.0 Å². The van der Waals surface area contributed by atoms with Crippen molar-refractivity contribution in [2.45, 2.75) is 19.8 Å². The largest absolute Gasteiger partial charge is 0.465 e. The first-order valence-electron chi connectivity index (χ1n) is 8.77. The Hall–Kier alpha value is -3.37. The van der Waals surface area contributed by atoms with Gasteiger partial charge >= 0.3 is 5.97 Å². The van der Waals surface area contributed by atoms with Gasteiger partial charge in [0.1, 0.15) is 16.6 Å². The van der Waals surface area contributed by atoms with Crippen LogP contribution in [0, 0.1) is 11.3 Å². The highest BCUT2D eigenvalue weighted by molar-refractivity contribution is 7.16. The second-order valence-corrected chi connectivity index (χ2v) is 7.25. The SMILES string of the molecule is CCCc1cc(C(=O)OC)c(NC(=O)C(C#N)=Cc2c[nH]c3ccccc23)s1. The first-order chi connectivity index (χ1) is 13.6. The first kappa shape index (κ1) is 19.4. The number of benzene rings is 1. The number of carbonyl (C=O) groups excluding carboxylic acids is 2. The van der Waals surface area contributed by atoms with E-state index in [9.17, 15) is 14.9 Å². The van der Waals surface area contributed by atoms with E-state index in [1.807, 2.05) is 37.3 Å². The summed E-state index contributed by atoms with van der Waals surface area (Å²) in [6.07, 6.45) is 4.99. The maximum atomic E-state index is 12.7. The van der Waals surface area contributed by atoms with Crippen LogP contribution >= 0.6 is 11.3 Å². The number of aryl methyl sites for hydroxylation is 1. The molecule has 2 N–H and O–H groups in total. The molecule has 0 radical (unpaired) electrons. The fourth-order valence-corrected chi connectivity index (χ4v) is 4.00.